The van der Waals surface area contributed by atoms with Gasteiger partial charge in [0, 0.05) is 31.6 Å². The van der Waals surface area contributed by atoms with Crippen LogP contribution in [-0.2, 0) is 16.4 Å². The summed E-state index contributed by atoms with van der Waals surface area (Å²) in [6.45, 7) is 1.27. The Hall–Kier alpha value is -3.65. The van der Waals surface area contributed by atoms with Crippen molar-refractivity contribution in [2.45, 2.75) is 22.9 Å². The number of nitrogens with zero attached hydrogens (tertiary/aromatic N) is 3. The molecule has 0 amide bonds. The van der Waals surface area contributed by atoms with E-state index >= 15 is 0 Å². The lowest BCUT2D eigenvalue weighted by Gasteiger charge is -2.06. The zero-order chi connectivity index (χ0) is 21.5. The van der Waals surface area contributed by atoms with Gasteiger partial charge in [0.15, 0.2) is 0 Å². The fraction of sp³-hybridized carbons (Fsp3) is 0.130. The lowest BCUT2D eigenvalue weighted by molar-refractivity contribution is 0.550. The van der Waals surface area contributed by atoms with Gasteiger partial charge in [0.25, 0.3) is 0 Å². The van der Waals surface area contributed by atoms with Crippen molar-refractivity contribution in [2.75, 3.05) is 11.9 Å². The first-order chi connectivity index (χ1) is 15.1. The van der Waals surface area contributed by atoms with Crippen LogP contribution >= 0.6 is 0 Å². The number of rotatable bonds is 9. The summed E-state index contributed by atoms with van der Waals surface area (Å²) in [7, 11) is -3.83. The normalized spacial score (nSPS) is 11.7. The summed E-state index contributed by atoms with van der Waals surface area (Å²) in [5, 5.41) is 2.98. The Morgan fingerprint density at radius 2 is 1.74 bits per heavy atom. The van der Waals surface area contributed by atoms with E-state index in [4.69, 9.17) is 4.42 Å². The van der Waals surface area contributed by atoms with Crippen LogP contribution in [-0.4, -0.2) is 29.5 Å². The van der Waals surface area contributed by atoms with Crippen LogP contribution < -0.4 is 5.32 Å². The number of aromatic nitrogens is 3. The van der Waals surface area contributed by atoms with Crippen LogP contribution in [0.15, 0.2) is 93.7 Å². The predicted octanol–water partition coefficient (Wildman–Crippen LogP) is 4.38. The molecule has 8 heteroatoms. The van der Waals surface area contributed by atoms with Gasteiger partial charge in [-0.2, -0.15) is 4.98 Å². The molecule has 0 fully saturated rings. The van der Waals surface area contributed by atoms with E-state index in [1.54, 1.807) is 48.9 Å². The predicted molar refractivity (Wildman–Crippen MR) is 119 cm³/mol. The minimum atomic E-state index is -3.83. The van der Waals surface area contributed by atoms with E-state index in [1.807, 2.05) is 47.2 Å². The molecule has 0 saturated carbocycles. The summed E-state index contributed by atoms with van der Waals surface area (Å²) in [5.74, 6) is 0.359. The van der Waals surface area contributed by atoms with Crippen LogP contribution in [0.3, 0.4) is 0 Å². The van der Waals surface area contributed by atoms with Crippen molar-refractivity contribution in [1.82, 2.24) is 14.5 Å². The van der Waals surface area contributed by atoms with Crippen molar-refractivity contribution in [3.05, 3.63) is 90.8 Å². The smallest absolute Gasteiger partial charge is 0.233 e. The molecule has 4 rings (SSSR count). The number of oxazole rings is 1. The second-order valence-electron chi connectivity index (χ2n) is 6.83. The highest BCUT2D eigenvalue weighted by Crippen LogP contribution is 2.29. The van der Waals surface area contributed by atoms with Gasteiger partial charge in [-0.1, -0.05) is 48.5 Å². The van der Waals surface area contributed by atoms with Crippen molar-refractivity contribution in [3.63, 3.8) is 0 Å². The highest BCUT2D eigenvalue weighted by atomic mass is 32.2. The summed E-state index contributed by atoms with van der Waals surface area (Å²) in [6.07, 6.45) is 9.60. The standard InChI is InChI=1S/C23H22N4O3S/c28-31(29,20-10-5-2-6-11-20)23-22(25-14-7-16-27-17-15-24-18-27)30-21(26-23)13-12-19-8-3-1-4-9-19/h1-6,8-13,15,17-18,25H,7,14,16H2. The van der Waals surface area contributed by atoms with E-state index in [0.717, 1.165) is 18.5 Å². The number of aryl methyl sites for hydroxylation is 1. The SMILES string of the molecule is O=S(=O)(c1ccccc1)c1nc(C=Cc2ccccc2)oc1NCCCn1ccnc1. The number of imidazole rings is 1. The van der Waals surface area contributed by atoms with Gasteiger partial charge in [0.05, 0.1) is 11.2 Å². The molecule has 2 aromatic carbocycles. The first kappa shape index (κ1) is 20.6. The van der Waals surface area contributed by atoms with Crippen molar-refractivity contribution in [1.29, 1.82) is 0 Å². The van der Waals surface area contributed by atoms with Crippen molar-refractivity contribution < 1.29 is 12.8 Å². The first-order valence-electron chi connectivity index (χ1n) is 9.87. The number of hydrogen-bond acceptors (Lipinski definition) is 6. The number of nitrogens with one attached hydrogen (secondary N) is 1. The zero-order valence-corrected chi connectivity index (χ0v) is 17.6. The fourth-order valence-electron chi connectivity index (χ4n) is 3.01. The Bertz CT molecular complexity index is 1230. The molecule has 0 aliphatic rings. The van der Waals surface area contributed by atoms with E-state index in [1.165, 1.54) is 0 Å². The highest BCUT2D eigenvalue weighted by Gasteiger charge is 2.27. The largest absolute Gasteiger partial charge is 0.420 e. The van der Waals surface area contributed by atoms with Gasteiger partial charge in [-0.3, -0.25) is 0 Å². The topological polar surface area (TPSA) is 90.0 Å². The maximum Gasteiger partial charge on any atom is 0.233 e. The van der Waals surface area contributed by atoms with Gasteiger partial charge in [0.2, 0.25) is 26.6 Å². The van der Waals surface area contributed by atoms with Crippen LogP contribution in [0.1, 0.15) is 17.9 Å². The molecule has 31 heavy (non-hydrogen) atoms. The molecule has 0 radical (unpaired) electrons. The third-order valence-corrected chi connectivity index (χ3v) is 6.25. The summed E-state index contributed by atoms with van der Waals surface area (Å²) in [4.78, 5) is 8.47. The van der Waals surface area contributed by atoms with Gasteiger partial charge >= 0.3 is 0 Å². The van der Waals surface area contributed by atoms with E-state index in [9.17, 15) is 8.42 Å². The van der Waals surface area contributed by atoms with Crippen LogP contribution in [0.2, 0.25) is 0 Å². The Morgan fingerprint density at radius 1 is 1.00 bits per heavy atom. The van der Waals surface area contributed by atoms with Crippen molar-refractivity contribution in [2.24, 2.45) is 0 Å². The van der Waals surface area contributed by atoms with Gasteiger partial charge in [-0.25, -0.2) is 13.4 Å². The Balaban J connectivity index is 1.58. The minimum Gasteiger partial charge on any atom is -0.420 e. The molecule has 0 unspecified atom stereocenters. The summed E-state index contributed by atoms with van der Waals surface area (Å²) in [6, 6.07) is 17.9. The maximum atomic E-state index is 13.2. The molecule has 0 aliphatic carbocycles. The molecular formula is C23H22N4O3S. The first-order valence-corrected chi connectivity index (χ1v) is 11.3. The van der Waals surface area contributed by atoms with Gasteiger partial charge < -0.3 is 14.3 Å². The molecule has 0 spiro atoms. The molecule has 0 atom stereocenters. The van der Waals surface area contributed by atoms with Crippen LogP contribution in [0.5, 0.6) is 0 Å². The quantitative estimate of drug-likeness (QED) is 0.393. The second kappa shape index (κ2) is 9.44. The lowest BCUT2D eigenvalue weighted by atomic mass is 10.2. The van der Waals surface area contributed by atoms with E-state index in [0.29, 0.717) is 6.54 Å². The monoisotopic (exact) mass is 434 g/mol. The highest BCUT2D eigenvalue weighted by molar-refractivity contribution is 7.91. The fourth-order valence-corrected chi connectivity index (χ4v) is 4.32. The van der Waals surface area contributed by atoms with Crippen LogP contribution in [0.4, 0.5) is 5.88 Å². The maximum absolute atomic E-state index is 13.2. The Kier molecular flexibility index (Phi) is 6.28. The molecular weight excluding hydrogens is 412 g/mol. The second-order valence-corrected chi connectivity index (χ2v) is 8.69. The van der Waals surface area contributed by atoms with Crippen LogP contribution in [0.25, 0.3) is 12.2 Å². The third-order valence-electron chi connectivity index (χ3n) is 4.58. The number of anilines is 1. The van der Waals surface area contributed by atoms with E-state index < -0.39 is 9.84 Å². The minimum absolute atomic E-state index is 0.117. The van der Waals surface area contributed by atoms with E-state index in [2.05, 4.69) is 15.3 Å². The summed E-state index contributed by atoms with van der Waals surface area (Å²) < 4.78 is 34.1. The molecule has 0 bridgehead atoms. The zero-order valence-electron chi connectivity index (χ0n) is 16.8. The Morgan fingerprint density at radius 3 is 2.45 bits per heavy atom. The number of sulfone groups is 1. The van der Waals surface area contributed by atoms with Crippen molar-refractivity contribution in [3.8, 4) is 0 Å². The Labute approximate surface area is 181 Å². The van der Waals surface area contributed by atoms with E-state index in [-0.39, 0.29) is 21.7 Å². The average Bonchev–Trinajstić information content (AvgIpc) is 3.47. The number of hydrogen-bond donors (Lipinski definition) is 1. The van der Waals surface area contributed by atoms with Gasteiger partial charge in [-0.05, 0) is 30.2 Å². The van der Waals surface area contributed by atoms with Gasteiger partial charge in [-0.15, -0.1) is 0 Å². The molecule has 0 saturated heterocycles. The van der Waals surface area contributed by atoms with Crippen LogP contribution in [0, 0.1) is 0 Å². The lowest BCUT2D eigenvalue weighted by Crippen LogP contribution is -2.09. The molecule has 7 nitrogen and oxygen atoms in total. The number of benzene rings is 2. The molecule has 158 valence electrons. The molecule has 2 heterocycles. The third kappa shape index (κ3) is 5.10. The molecule has 2 aromatic heterocycles. The molecule has 1 N–H and O–H groups in total. The molecule has 0 aliphatic heterocycles. The summed E-state index contributed by atoms with van der Waals surface area (Å²) >= 11 is 0. The molecule has 4 aromatic rings. The summed E-state index contributed by atoms with van der Waals surface area (Å²) in [5.41, 5.74) is 0.961. The van der Waals surface area contributed by atoms with Gasteiger partial charge in [0.1, 0.15) is 0 Å². The van der Waals surface area contributed by atoms with Crippen molar-refractivity contribution >= 4 is 27.9 Å². The average molecular weight is 435 g/mol.